The van der Waals surface area contributed by atoms with E-state index in [0.717, 1.165) is 71.5 Å². The van der Waals surface area contributed by atoms with Crippen molar-refractivity contribution in [3.63, 3.8) is 0 Å². The molecule has 1 rings (SSSR count). The first-order valence-corrected chi connectivity index (χ1v) is 9.66. The van der Waals surface area contributed by atoms with Gasteiger partial charge >= 0.3 is 0 Å². The number of aliphatic hydroxyl groups is 1. The van der Waals surface area contributed by atoms with E-state index in [1.165, 1.54) is 13.1 Å². The minimum Gasteiger partial charge on any atom is -0.395 e. The highest BCUT2D eigenvalue weighted by molar-refractivity contribution is 5.75. The van der Waals surface area contributed by atoms with E-state index >= 15 is 0 Å². The second-order valence-corrected chi connectivity index (χ2v) is 6.87. The van der Waals surface area contributed by atoms with Crippen LogP contribution in [0.15, 0.2) is 0 Å². The number of unbranched alkanes of at least 4 members (excludes halogenated alkanes) is 1. The van der Waals surface area contributed by atoms with Crippen LogP contribution in [-0.4, -0.2) is 98.3 Å². The van der Waals surface area contributed by atoms with Gasteiger partial charge < -0.3 is 25.1 Å². The maximum atomic E-state index is 11.6. The number of piperazine rings is 1. The minimum atomic E-state index is 0.167. The van der Waals surface area contributed by atoms with Crippen molar-refractivity contribution in [1.29, 1.82) is 0 Å². The summed E-state index contributed by atoms with van der Waals surface area (Å²) in [6.45, 7) is 11.5. The highest BCUT2D eigenvalue weighted by atomic mass is 16.3. The van der Waals surface area contributed by atoms with E-state index < -0.39 is 0 Å². The van der Waals surface area contributed by atoms with Gasteiger partial charge in [0.25, 0.3) is 0 Å². The molecule has 1 amide bonds. The van der Waals surface area contributed by atoms with Crippen LogP contribution in [0.2, 0.25) is 0 Å². The fourth-order valence-electron chi connectivity index (χ4n) is 3.02. The lowest BCUT2D eigenvalue weighted by molar-refractivity contribution is -0.121. The maximum Gasteiger partial charge on any atom is 0.219 e. The number of nitrogens with one attached hydrogen (secondary N) is 1. The second-order valence-electron chi connectivity index (χ2n) is 6.87. The van der Waals surface area contributed by atoms with E-state index in [-0.39, 0.29) is 12.5 Å². The summed E-state index contributed by atoms with van der Waals surface area (Å²) in [7, 11) is 2.18. The number of hydrogen-bond acceptors (Lipinski definition) is 5. The van der Waals surface area contributed by atoms with Crippen molar-refractivity contribution in [3.05, 3.63) is 0 Å². The van der Waals surface area contributed by atoms with Gasteiger partial charge in [-0.05, 0) is 45.9 Å². The number of amides is 1. The van der Waals surface area contributed by atoms with Crippen molar-refractivity contribution in [2.45, 2.75) is 39.0 Å². The van der Waals surface area contributed by atoms with Crippen LogP contribution in [0.1, 0.15) is 39.0 Å². The van der Waals surface area contributed by atoms with Crippen molar-refractivity contribution in [3.8, 4) is 0 Å². The summed E-state index contributed by atoms with van der Waals surface area (Å²) in [6.07, 6.45) is 4.76. The van der Waals surface area contributed by atoms with E-state index in [0.29, 0.717) is 6.42 Å². The van der Waals surface area contributed by atoms with E-state index in [4.69, 9.17) is 0 Å². The summed E-state index contributed by atoms with van der Waals surface area (Å²) in [5.74, 6) is 0.167. The molecular weight excluding hydrogens is 304 g/mol. The van der Waals surface area contributed by atoms with Crippen molar-refractivity contribution in [2.24, 2.45) is 0 Å². The Balaban J connectivity index is 2.09. The number of rotatable bonds is 13. The molecule has 2 N–H and O–H groups in total. The first kappa shape index (κ1) is 21.4. The number of hydrogen-bond donors (Lipinski definition) is 2. The van der Waals surface area contributed by atoms with Crippen molar-refractivity contribution >= 4 is 5.91 Å². The summed E-state index contributed by atoms with van der Waals surface area (Å²) in [4.78, 5) is 18.8. The van der Waals surface area contributed by atoms with Crippen LogP contribution >= 0.6 is 0 Å². The zero-order chi connectivity index (χ0) is 17.6. The van der Waals surface area contributed by atoms with Crippen LogP contribution < -0.4 is 5.32 Å². The van der Waals surface area contributed by atoms with E-state index in [2.05, 4.69) is 34.0 Å². The fourth-order valence-corrected chi connectivity index (χ4v) is 3.02. The Morgan fingerprint density at radius 1 is 1.08 bits per heavy atom. The molecule has 1 heterocycles. The van der Waals surface area contributed by atoms with Gasteiger partial charge in [-0.1, -0.05) is 13.3 Å². The topological polar surface area (TPSA) is 59.1 Å². The van der Waals surface area contributed by atoms with E-state index in [1.54, 1.807) is 0 Å². The van der Waals surface area contributed by atoms with Gasteiger partial charge in [0.15, 0.2) is 0 Å². The molecule has 142 valence electrons. The number of likely N-dealkylation sites (N-methyl/N-ethyl adjacent to an activating group) is 1. The molecule has 0 aliphatic carbocycles. The van der Waals surface area contributed by atoms with Gasteiger partial charge in [-0.3, -0.25) is 4.79 Å². The summed E-state index contributed by atoms with van der Waals surface area (Å²) < 4.78 is 0. The van der Waals surface area contributed by atoms with Crippen molar-refractivity contribution < 1.29 is 9.90 Å². The Morgan fingerprint density at radius 3 is 2.46 bits per heavy atom. The maximum absolute atomic E-state index is 11.6. The van der Waals surface area contributed by atoms with E-state index in [1.807, 2.05) is 0 Å². The summed E-state index contributed by atoms with van der Waals surface area (Å²) >= 11 is 0. The highest BCUT2D eigenvalue weighted by Crippen LogP contribution is 2.02. The lowest BCUT2D eigenvalue weighted by Crippen LogP contribution is -2.45. The molecule has 6 heteroatoms. The zero-order valence-electron chi connectivity index (χ0n) is 15.8. The molecule has 0 bridgehead atoms. The smallest absolute Gasteiger partial charge is 0.219 e. The number of carbonyl (C=O) groups excluding carboxylic acids is 1. The van der Waals surface area contributed by atoms with E-state index in [9.17, 15) is 9.90 Å². The molecule has 6 nitrogen and oxygen atoms in total. The molecule has 0 saturated carbocycles. The lowest BCUT2D eigenvalue weighted by atomic mass is 10.2. The Morgan fingerprint density at radius 2 is 1.79 bits per heavy atom. The van der Waals surface area contributed by atoms with Gasteiger partial charge in [-0.25, -0.2) is 0 Å². The van der Waals surface area contributed by atoms with Crippen LogP contribution in [0.3, 0.4) is 0 Å². The Bertz CT molecular complexity index is 320. The third-order valence-corrected chi connectivity index (χ3v) is 4.69. The Labute approximate surface area is 148 Å². The molecule has 0 radical (unpaired) electrons. The fraction of sp³-hybridized carbons (Fsp3) is 0.944. The van der Waals surface area contributed by atoms with Gasteiger partial charge in [-0.15, -0.1) is 0 Å². The van der Waals surface area contributed by atoms with Gasteiger partial charge in [0.1, 0.15) is 0 Å². The summed E-state index contributed by atoms with van der Waals surface area (Å²) in [6, 6.07) is 0. The number of aliphatic hydroxyl groups excluding tert-OH is 1. The molecule has 0 aromatic carbocycles. The summed E-state index contributed by atoms with van der Waals surface area (Å²) in [5.41, 5.74) is 0. The molecule has 24 heavy (non-hydrogen) atoms. The molecular formula is C18H38N4O2. The molecule has 0 aromatic heterocycles. The number of nitrogens with zero attached hydrogens (tertiary/aromatic N) is 3. The third kappa shape index (κ3) is 10.2. The lowest BCUT2D eigenvalue weighted by Gasteiger charge is -2.32. The van der Waals surface area contributed by atoms with Crippen LogP contribution in [0.25, 0.3) is 0 Å². The Kier molecular flexibility index (Phi) is 12.1. The monoisotopic (exact) mass is 342 g/mol. The second kappa shape index (κ2) is 13.6. The minimum absolute atomic E-state index is 0.167. The third-order valence-electron chi connectivity index (χ3n) is 4.69. The van der Waals surface area contributed by atoms with Crippen LogP contribution in [0.4, 0.5) is 0 Å². The molecule has 0 aromatic rings. The molecule has 1 aliphatic heterocycles. The predicted octanol–water partition coefficient (Wildman–Crippen LogP) is 0.615. The predicted molar refractivity (Wildman–Crippen MR) is 99.2 cm³/mol. The first-order valence-electron chi connectivity index (χ1n) is 9.66. The van der Waals surface area contributed by atoms with Gasteiger partial charge in [-0.2, -0.15) is 0 Å². The quantitative estimate of drug-likeness (QED) is 0.481. The van der Waals surface area contributed by atoms with Gasteiger partial charge in [0.05, 0.1) is 6.61 Å². The van der Waals surface area contributed by atoms with Gasteiger partial charge in [0.2, 0.25) is 5.91 Å². The largest absolute Gasteiger partial charge is 0.395 e. The van der Waals surface area contributed by atoms with Crippen molar-refractivity contribution in [1.82, 2.24) is 20.0 Å². The summed E-state index contributed by atoms with van der Waals surface area (Å²) in [5, 5.41) is 12.2. The first-order chi connectivity index (χ1) is 11.7. The molecule has 1 fully saturated rings. The molecule has 0 atom stereocenters. The van der Waals surface area contributed by atoms with Crippen molar-refractivity contribution in [2.75, 3.05) is 72.6 Å². The van der Waals surface area contributed by atoms with Crippen LogP contribution in [0, 0.1) is 0 Å². The number of carbonyl (C=O) groups is 1. The molecule has 0 unspecified atom stereocenters. The Hall–Kier alpha value is -0.690. The highest BCUT2D eigenvalue weighted by Gasteiger charge is 2.13. The normalized spacial score (nSPS) is 16.7. The average molecular weight is 343 g/mol. The SMILES string of the molecule is CCCCC(=O)NCCCN(CCO)CCCN1CCN(C)CC1. The standard InChI is InChI=1S/C18H38N4O2/c1-3-4-7-18(24)19-8-5-9-21(16-17-23)10-6-11-22-14-12-20(2)13-15-22/h23H,3-17H2,1-2H3,(H,19,24). The van der Waals surface area contributed by atoms with Gasteiger partial charge in [0, 0.05) is 45.7 Å². The molecule has 0 spiro atoms. The molecule has 1 aliphatic rings. The van der Waals surface area contributed by atoms with Crippen LogP contribution in [0.5, 0.6) is 0 Å². The zero-order valence-corrected chi connectivity index (χ0v) is 15.8. The van der Waals surface area contributed by atoms with Crippen LogP contribution in [-0.2, 0) is 4.79 Å². The average Bonchev–Trinajstić information content (AvgIpc) is 2.58. The molecule has 1 saturated heterocycles.